The third-order valence-electron chi connectivity index (χ3n) is 4.76. The molecule has 6 nitrogen and oxygen atoms in total. The molecule has 0 aliphatic heterocycles. The number of hydrogen-bond donors (Lipinski definition) is 1. The third kappa shape index (κ3) is 5.13. The maximum Gasteiger partial charge on any atom is 0.271 e. The number of carbonyl (C=O) groups excluding carboxylic acids is 1. The van der Waals surface area contributed by atoms with Crippen molar-refractivity contribution in [2.75, 3.05) is 0 Å². The molecule has 0 saturated carbocycles. The van der Waals surface area contributed by atoms with Crippen molar-refractivity contribution < 1.29 is 9.53 Å². The smallest absolute Gasteiger partial charge is 0.271 e. The standard InChI is InChI=1S/C23H21ClN4O2S/c1-15-3-9-18(10-4-15)30-13-20-26-19(14-31-20)23(29)27-21(22-25-11-12-28(22)2)16-5-7-17(24)8-6-16/h3-12,14,21H,13H2,1-2H3,(H,27,29)/t21-/m0/s1. The Labute approximate surface area is 189 Å². The van der Waals surface area contributed by atoms with Crippen molar-refractivity contribution >= 4 is 28.8 Å². The number of benzene rings is 2. The highest BCUT2D eigenvalue weighted by molar-refractivity contribution is 7.09. The van der Waals surface area contributed by atoms with Crippen LogP contribution in [0.5, 0.6) is 5.75 Å². The number of carbonyl (C=O) groups is 1. The molecule has 1 amide bonds. The largest absolute Gasteiger partial charge is 0.486 e. The van der Waals surface area contributed by atoms with E-state index in [1.54, 1.807) is 23.7 Å². The van der Waals surface area contributed by atoms with Crippen LogP contribution in [0.3, 0.4) is 0 Å². The second kappa shape index (κ2) is 9.32. The molecule has 8 heteroatoms. The first-order valence-electron chi connectivity index (χ1n) is 9.67. The van der Waals surface area contributed by atoms with Crippen LogP contribution in [0, 0.1) is 6.92 Å². The number of nitrogens with zero attached hydrogens (tertiary/aromatic N) is 3. The molecule has 4 aromatic rings. The monoisotopic (exact) mass is 452 g/mol. The van der Waals surface area contributed by atoms with Gasteiger partial charge in [-0.1, -0.05) is 41.4 Å². The minimum Gasteiger partial charge on any atom is -0.486 e. The summed E-state index contributed by atoms with van der Waals surface area (Å²) in [6, 6.07) is 14.7. The zero-order valence-electron chi connectivity index (χ0n) is 17.1. The van der Waals surface area contributed by atoms with Crippen LogP contribution in [0.4, 0.5) is 0 Å². The van der Waals surface area contributed by atoms with E-state index in [-0.39, 0.29) is 5.91 Å². The van der Waals surface area contributed by atoms with Gasteiger partial charge in [-0.25, -0.2) is 9.97 Å². The van der Waals surface area contributed by atoms with Crippen molar-refractivity contribution in [3.05, 3.63) is 99.0 Å². The average Bonchev–Trinajstić information content (AvgIpc) is 3.41. The molecular weight excluding hydrogens is 432 g/mol. The van der Waals surface area contributed by atoms with Gasteiger partial charge in [0.05, 0.1) is 0 Å². The van der Waals surface area contributed by atoms with Crippen molar-refractivity contribution in [1.29, 1.82) is 0 Å². The van der Waals surface area contributed by atoms with Gasteiger partial charge in [-0.15, -0.1) is 11.3 Å². The number of hydrogen-bond acceptors (Lipinski definition) is 5. The van der Waals surface area contributed by atoms with E-state index in [1.807, 2.05) is 61.1 Å². The first-order valence-corrected chi connectivity index (χ1v) is 10.9. The highest BCUT2D eigenvalue weighted by Gasteiger charge is 2.22. The Morgan fingerprint density at radius 2 is 1.94 bits per heavy atom. The number of aromatic nitrogens is 3. The van der Waals surface area contributed by atoms with E-state index >= 15 is 0 Å². The molecule has 0 aliphatic rings. The summed E-state index contributed by atoms with van der Waals surface area (Å²) in [6.45, 7) is 2.33. The summed E-state index contributed by atoms with van der Waals surface area (Å²) in [5.74, 6) is 1.21. The fourth-order valence-electron chi connectivity index (χ4n) is 3.07. The number of amides is 1. The van der Waals surface area contributed by atoms with Crippen molar-refractivity contribution in [3.8, 4) is 5.75 Å². The molecule has 1 atom stereocenters. The number of imidazole rings is 1. The molecular formula is C23H21ClN4O2S. The normalized spacial score (nSPS) is 11.8. The Morgan fingerprint density at radius 1 is 1.19 bits per heavy atom. The molecule has 2 heterocycles. The Hall–Kier alpha value is -3.16. The summed E-state index contributed by atoms with van der Waals surface area (Å²) < 4.78 is 7.64. The Morgan fingerprint density at radius 3 is 2.61 bits per heavy atom. The summed E-state index contributed by atoms with van der Waals surface area (Å²) in [4.78, 5) is 21.8. The van der Waals surface area contributed by atoms with Gasteiger partial charge in [0.2, 0.25) is 0 Å². The van der Waals surface area contributed by atoms with Gasteiger partial charge in [-0.3, -0.25) is 4.79 Å². The van der Waals surface area contributed by atoms with Gasteiger partial charge in [-0.05, 0) is 36.8 Å². The van der Waals surface area contributed by atoms with Crippen LogP contribution in [0.15, 0.2) is 66.3 Å². The minimum atomic E-state index is -0.432. The molecule has 2 aromatic heterocycles. The molecule has 0 unspecified atom stereocenters. The molecule has 0 spiro atoms. The van der Waals surface area contributed by atoms with Crippen molar-refractivity contribution in [2.24, 2.45) is 7.05 Å². The molecule has 4 rings (SSSR count). The van der Waals surface area contributed by atoms with Gasteiger partial charge in [0.25, 0.3) is 5.91 Å². The Kier molecular flexibility index (Phi) is 6.34. The lowest BCUT2D eigenvalue weighted by molar-refractivity contribution is 0.0936. The second-order valence-corrected chi connectivity index (χ2v) is 8.46. The fraction of sp³-hybridized carbons (Fsp3) is 0.174. The van der Waals surface area contributed by atoms with E-state index in [1.165, 1.54) is 16.9 Å². The van der Waals surface area contributed by atoms with E-state index in [0.29, 0.717) is 23.1 Å². The van der Waals surface area contributed by atoms with Crippen LogP contribution >= 0.6 is 22.9 Å². The van der Waals surface area contributed by atoms with E-state index in [2.05, 4.69) is 15.3 Å². The first-order chi connectivity index (χ1) is 15.0. The van der Waals surface area contributed by atoms with Crippen LogP contribution in [0.1, 0.15) is 38.5 Å². The summed E-state index contributed by atoms with van der Waals surface area (Å²) >= 11 is 7.42. The summed E-state index contributed by atoms with van der Waals surface area (Å²) in [5, 5.41) is 6.14. The predicted octanol–water partition coefficient (Wildman–Crippen LogP) is 4.94. The Balaban J connectivity index is 1.48. The van der Waals surface area contributed by atoms with Gasteiger partial charge < -0.3 is 14.6 Å². The molecule has 0 saturated heterocycles. The number of aryl methyl sites for hydroxylation is 2. The van der Waals surface area contributed by atoms with Crippen LogP contribution in [0.25, 0.3) is 0 Å². The maximum absolute atomic E-state index is 13.0. The lowest BCUT2D eigenvalue weighted by atomic mass is 10.1. The molecule has 158 valence electrons. The predicted molar refractivity (Wildman–Crippen MR) is 122 cm³/mol. The van der Waals surface area contributed by atoms with Crippen LogP contribution in [0.2, 0.25) is 5.02 Å². The Bertz CT molecular complexity index is 1170. The van der Waals surface area contributed by atoms with Crippen LogP contribution in [-0.2, 0) is 13.7 Å². The molecule has 0 radical (unpaired) electrons. The van der Waals surface area contributed by atoms with Gasteiger partial charge >= 0.3 is 0 Å². The number of thiazole rings is 1. The maximum atomic E-state index is 13.0. The van der Waals surface area contributed by atoms with Gasteiger partial charge in [0.1, 0.15) is 34.9 Å². The number of nitrogens with one attached hydrogen (secondary N) is 1. The summed E-state index contributed by atoms with van der Waals surface area (Å²) in [7, 11) is 1.89. The van der Waals surface area contributed by atoms with Gasteiger partial charge in [-0.2, -0.15) is 0 Å². The number of ether oxygens (including phenoxy) is 1. The molecule has 31 heavy (non-hydrogen) atoms. The van der Waals surface area contributed by atoms with E-state index in [0.717, 1.165) is 16.3 Å². The zero-order valence-corrected chi connectivity index (χ0v) is 18.7. The van der Waals surface area contributed by atoms with E-state index in [9.17, 15) is 4.79 Å². The zero-order chi connectivity index (χ0) is 21.8. The van der Waals surface area contributed by atoms with Crippen molar-refractivity contribution in [1.82, 2.24) is 19.9 Å². The number of halogens is 1. The van der Waals surface area contributed by atoms with Crippen molar-refractivity contribution in [3.63, 3.8) is 0 Å². The molecule has 0 aliphatic carbocycles. The van der Waals surface area contributed by atoms with E-state index < -0.39 is 6.04 Å². The topological polar surface area (TPSA) is 69.0 Å². The number of rotatable bonds is 7. The first kappa shape index (κ1) is 21.1. The van der Waals surface area contributed by atoms with Crippen LogP contribution < -0.4 is 10.1 Å². The molecule has 2 aromatic carbocycles. The third-order valence-corrected chi connectivity index (χ3v) is 5.84. The molecule has 1 N–H and O–H groups in total. The molecule has 0 fully saturated rings. The second-order valence-electron chi connectivity index (χ2n) is 7.08. The van der Waals surface area contributed by atoms with E-state index in [4.69, 9.17) is 16.3 Å². The average molecular weight is 453 g/mol. The lowest BCUT2D eigenvalue weighted by Crippen LogP contribution is -2.31. The van der Waals surface area contributed by atoms with Gasteiger partial charge in [0.15, 0.2) is 0 Å². The quantitative estimate of drug-likeness (QED) is 0.431. The SMILES string of the molecule is Cc1ccc(OCc2nc(C(=O)N[C@@H](c3ccc(Cl)cc3)c3nccn3C)cs2)cc1. The lowest BCUT2D eigenvalue weighted by Gasteiger charge is -2.18. The van der Waals surface area contributed by atoms with Gasteiger partial charge in [0, 0.05) is 29.8 Å². The minimum absolute atomic E-state index is 0.277. The summed E-state index contributed by atoms with van der Waals surface area (Å²) in [6.07, 6.45) is 3.54. The highest BCUT2D eigenvalue weighted by atomic mass is 35.5. The fourth-order valence-corrected chi connectivity index (χ4v) is 3.88. The van der Waals surface area contributed by atoms with Crippen molar-refractivity contribution in [2.45, 2.75) is 19.6 Å². The van der Waals surface area contributed by atoms with Crippen LogP contribution in [-0.4, -0.2) is 20.4 Å². The summed E-state index contributed by atoms with van der Waals surface area (Å²) in [5.41, 5.74) is 2.40. The highest BCUT2D eigenvalue weighted by Crippen LogP contribution is 2.23. The molecule has 0 bridgehead atoms.